The first-order valence-corrected chi connectivity index (χ1v) is 8.69. The minimum atomic E-state index is -3.48. The summed E-state index contributed by atoms with van der Waals surface area (Å²) in [5.74, 6) is -0.353. The molecule has 0 heterocycles. The van der Waals surface area contributed by atoms with Gasteiger partial charge >= 0.3 is 0 Å². The molecule has 0 bridgehead atoms. The van der Waals surface area contributed by atoms with E-state index in [2.05, 4.69) is 0 Å². The van der Waals surface area contributed by atoms with Crippen LogP contribution in [0.2, 0.25) is 0 Å². The number of benzene rings is 1. The lowest BCUT2D eigenvalue weighted by Crippen LogP contribution is -2.39. The number of carbonyl (C=O) groups excluding carboxylic acids is 1. The van der Waals surface area contributed by atoms with E-state index in [0.717, 1.165) is 9.20 Å². The van der Waals surface area contributed by atoms with Crippen molar-refractivity contribution in [1.82, 2.24) is 4.31 Å². The summed E-state index contributed by atoms with van der Waals surface area (Å²) in [6, 6.07) is 7.27. The standard InChI is InChI=1S/C12H19N3O3S2/c1-2-15(9-12(14)16)20(17,18)8-7-19-11-6-4-3-5-10(11)13/h3-6H,2,7-9,13H2,1H3,(H2,14,16). The van der Waals surface area contributed by atoms with E-state index in [0.29, 0.717) is 11.4 Å². The summed E-state index contributed by atoms with van der Waals surface area (Å²) >= 11 is 1.37. The third-order valence-corrected chi connectivity index (χ3v) is 5.84. The van der Waals surface area contributed by atoms with Crippen LogP contribution in [-0.2, 0) is 14.8 Å². The molecule has 0 aromatic heterocycles. The summed E-state index contributed by atoms with van der Waals surface area (Å²) in [6.07, 6.45) is 0. The van der Waals surface area contributed by atoms with Gasteiger partial charge < -0.3 is 11.5 Å². The first kappa shape index (κ1) is 16.8. The number of amides is 1. The van der Waals surface area contributed by atoms with Crippen LogP contribution in [0.1, 0.15) is 6.92 Å². The molecule has 112 valence electrons. The number of nitrogens with two attached hydrogens (primary N) is 2. The van der Waals surface area contributed by atoms with E-state index >= 15 is 0 Å². The molecule has 0 radical (unpaired) electrons. The molecule has 0 aliphatic carbocycles. The lowest BCUT2D eigenvalue weighted by Gasteiger charge is -2.18. The van der Waals surface area contributed by atoms with Crippen molar-refractivity contribution in [2.75, 3.05) is 30.3 Å². The number of rotatable bonds is 8. The average molecular weight is 317 g/mol. The van der Waals surface area contributed by atoms with Gasteiger partial charge in [0.2, 0.25) is 15.9 Å². The zero-order valence-electron chi connectivity index (χ0n) is 11.3. The molecule has 8 heteroatoms. The highest BCUT2D eigenvalue weighted by atomic mass is 32.2. The summed E-state index contributed by atoms with van der Waals surface area (Å²) in [5, 5.41) is 0. The van der Waals surface area contributed by atoms with Gasteiger partial charge in [0.15, 0.2) is 0 Å². The second kappa shape index (κ2) is 7.51. The van der Waals surface area contributed by atoms with Crippen LogP contribution in [0, 0.1) is 0 Å². The van der Waals surface area contributed by atoms with Crippen LogP contribution < -0.4 is 11.5 Å². The number of nitrogen functional groups attached to an aromatic ring is 1. The molecule has 0 saturated carbocycles. The first-order valence-electron chi connectivity index (χ1n) is 6.10. The van der Waals surface area contributed by atoms with E-state index in [1.165, 1.54) is 11.8 Å². The Morgan fingerprint density at radius 3 is 2.55 bits per heavy atom. The van der Waals surface area contributed by atoms with Crippen molar-refractivity contribution in [3.05, 3.63) is 24.3 Å². The summed E-state index contributed by atoms with van der Waals surface area (Å²) in [7, 11) is -3.48. The number of sulfonamides is 1. The minimum absolute atomic E-state index is 0.0624. The number of hydrogen-bond donors (Lipinski definition) is 2. The number of hydrogen-bond acceptors (Lipinski definition) is 5. The Hall–Kier alpha value is -1.25. The molecule has 0 aliphatic rings. The maximum Gasteiger partial charge on any atom is 0.232 e. The molecule has 1 amide bonds. The quantitative estimate of drug-likeness (QED) is 0.536. The van der Waals surface area contributed by atoms with Gasteiger partial charge in [0.05, 0.1) is 12.3 Å². The van der Waals surface area contributed by atoms with Crippen LogP contribution in [0.5, 0.6) is 0 Å². The van der Waals surface area contributed by atoms with E-state index in [-0.39, 0.29) is 18.8 Å². The molecule has 4 N–H and O–H groups in total. The Morgan fingerprint density at radius 1 is 1.35 bits per heavy atom. The van der Waals surface area contributed by atoms with E-state index < -0.39 is 15.9 Å². The van der Waals surface area contributed by atoms with Crippen LogP contribution in [-0.4, -0.2) is 43.2 Å². The molecule has 0 unspecified atom stereocenters. The highest BCUT2D eigenvalue weighted by Gasteiger charge is 2.21. The normalized spacial score (nSPS) is 11.7. The zero-order valence-corrected chi connectivity index (χ0v) is 12.9. The number of nitrogens with zero attached hydrogens (tertiary/aromatic N) is 1. The highest BCUT2D eigenvalue weighted by molar-refractivity contribution is 8.00. The molecule has 0 aliphatic heterocycles. The smallest absolute Gasteiger partial charge is 0.232 e. The van der Waals surface area contributed by atoms with Crippen molar-refractivity contribution in [3.63, 3.8) is 0 Å². The molecule has 6 nitrogen and oxygen atoms in total. The number of anilines is 1. The SMILES string of the molecule is CCN(CC(N)=O)S(=O)(=O)CCSc1ccccc1N. The molecule has 0 atom stereocenters. The Labute approximate surface area is 123 Å². The molecule has 0 spiro atoms. The lowest BCUT2D eigenvalue weighted by atomic mass is 10.3. The Morgan fingerprint density at radius 2 is 2.00 bits per heavy atom. The van der Waals surface area contributed by atoms with E-state index in [4.69, 9.17) is 11.5 Å². The third kappa shape index (κ3) is 5.03. The fourth-order valence-corrected chi connectivity index (χ4v) is 4.36. The van der Waals surface area contributed by atoms with Crippen LogP contribution in [0.4, 0.5) is 5.69 Å². The topological polar surface area (TPSA) is 106 Å². The van der Waals surface area contributed by atoms with Gasteiger partial charge in [0.1, 0.15) is 0 Å². The molecular weight excluding hydrogens is 298 g/mol. The summed E-state index contributed by atoms with van der Waals surface area (Å²) in [6.45, 7) is 1.61. The summed E-state index contributed by atoms with van der Waals surface area (Å²) < 4.78 is 25.2. The number of carbonyl (C=O) groups is 1. The number of primary amides is 1. The van der Waals surface area contributed by atoms with Crippen molar-refractivity contribution in [2.45, 2.75) is 11.8 Å². The van der Waals surface area contributed by atoms with Crippen LogP contribution in [0.15, 0.2) is 29.2 Å². The van der Waals surface area contributed by atoms with Gasteiger partial charge in [0, 0.05) is 22.9 Å². The highest BCUT2D eigenvalue weighted by Crippen LogP contribution is 2.24. The number of para-hydroxylation sites is 1. The van der Waals surface area contributed by atoms with Crippen LogP contribution >= 0.6 is 11.8 Å². The van der Waals surface area contributed by atoms with Crippen molar-refractivity contribution in [1.29, 1.82) is 0 Å². The molecule has 1 rings (SSSR count). The van der Waals surface area contributed by atoms with E-state index in [1.54, 1.807) is 13.0 Å². The minimum Gasteiger partial charge on any atom is -0.398 e. The van der Waals surface area contributed by atoms with Gasteiger partial charge in [-0.1, -0.05) is 19.1 Å². The maximum absolute atomic E-state index is 12.0. The molecule has 0 saturated heterocycles. The van der Waals surface area contributed by atoms with Gasteiger partial charge in [0.25, 0.3) is 0 Å². The molecule has 1 aromatic rings. The first-order chi connectivity index (χ1) is 9.36. The predicted octanol–water partition coefficient (Wildman–Crippen LogP) is 0.498. The molecule has 20 heavy (non-hydrogen) atoms. The van der Waals surface area contributed by atoms with Crippen LogP contribution in [0.25, 0.3) is 0 Å². The molecular formula is C12H19N3O3S2. The van der Waals surface area contributed by atoms with Gasteiger partial charge in [-0.2, -0.15) is 4.31 Å². The number of likely N-dealkylation sites (N-methyl/N-ethyl adjacent to an activating group) is 1. The van der Waals surface area contributed by atoms with Gasteiger partial charge in [-0.15, -0.1) is 11.8 Å². The Kier molecular flexibility index (Phi) is 6.31. The van der Waals surface area contributed by atoms with Crippen molar-refractivity contribution >= 4 is 33.4 Å². The Bertz CT molecular complexity index is 561. The van der Waals surface area contributed by atoms with E-state index in [1.807, 2.05) is 18.2 Å². The van der Waals surface area contributed by atoms with E-state index in [9.17, 15) is 13.2 Å². The van der Waals surface area contributed by atoms with Gasteiger partial charge in [-0.25, -0.2) is 8.42 Å². The molecule has 0 fully saturated rings. The third-order valence-electron chi connectivity index (χ3n) is 2.60. The second-order valence-corrected chi connectivity index (χ2v) is 7.32. The summed E-state index contributed by atoms with van der Waals surface area (Å²) in [5.41, 5.74) is 11.4. The Balaban J connectivity index is 2.59. The number of thioether (sulfide) groups is 1. The maximum atomic E-state index is 12.0. The summed E-state index contributed by atoms with van der Waals surface area (Å²) in [4.78, 5) is 11.7. The van der Waals surface area contributed by atoms with Gasteiger partial charge in [-0.05, 0) is 12.1 Å². The monoisotopic (exact) mass is 317 g/mol. The largest absolute Gasteiger partial charge is 0.398 e. The molecule has 1 aromatic carbocycles. The average Bonchev–Trinajstić information content (AvgIpc) is 2.37. The van der Waals surface area contributed by atoms with Gasteiger partial charge in [-0.3, -0.25) is 4.79 Å². The van der Waals surface area contributed by atoms with Crippen molar-refractivity contribution in [2.24, 2.45) is 5.73 Å². The lowest BCUT2D eigenvalue weighted by molar-refractivity contribution is -0.118. The second-order valence-electron chi connectivity index (χ2n) is 4.09. The fourth-order valence-electron chi connectivity index (χ4n) is 1.58. The van der Waals surface area contributed by atoms with Crippen molar-refractivity contribution in [3.8, 4) is 0 Å². The fraction of sp³-hybridized carbons (Fsp3) is 0.417. The predicted molar refractivity (Wildman–Crippen MR) is 81.8 cm³/mol. The van der Waals surface area contributed by atoms with Crippen LogP contribution in [0.3, 0.4) is 0 Å². The van der Waals surface area contributed by atoms with Crippen molar-refractivity contribution < 1.29 is 13.2 Å². The zero-order chi connectivity index (χ0) is 15.2.